The Morgan fingerprint density at radius 1 is 1.35 bits per heavy atom. The van der Waals surface area contributed by atoms with Gasteiger partial charge in [0.15, 0.2) is 9.84 Å². The third kappa shape index (κ3) is 3.12. The van der Waals surface area contributed by atoms with Gasteiger partial charge in [-0.05, 0) is 32.4 Å². The number of anilines is 2. The number of rotatable bonds is 4. The number of nitrogens with two attached hydrogens (primary N) is 1. The fourth-order valence-electron chi connectivity index (χ4n) is 1.27. The predicted octanol–water partition coefficient (Wildman–Crippen LogP) is 1.81. The van der Waals surface area contributed by atoms with Gasteiger partial charge in [-0.15, -0.1) is 0 Å². The standard InChI is InChI=1S/C12H20N2O2S/c1-9-6-5-7-10(11(9)13)14-8-12(2,3)17(4,15)16/h5-7,14H,8,13H2,1-4H3. The van der Waals surface area contributed by atoms with Crippen molar-refractivity contribution < 1.29 is 8.42 Å². The van der Waals surface area contributed by atoms with E-state index in [1.807, 2.05) is 25.1 Å². The molecule has 0 saturated carbocycles. The summed E-state index contributed by atoms with van der Waals surface area (Å²) in [6, 6.07) is 5.66. The Morgan fingerprint density at radius 3 is 2.47 bits per heavy atom. The lowest BCUT2D eigenvalue weighted by Gasteiger charge is -2.24. The number of hydrogen-bond donors (Lipinski definition) is 2. The summed E-state index contributed by atoms with van der Waals surface area (Å²) in [6.45, 7) is 5.64. The summed E-state index contributed by atoms with van der Waals surface area (Å²) in [4.78, 5) is 0. The van der Waals surface area contributed by atoms with Crippen LogP contribution in [0.15, 0.2) is 18.2 Å². The highest BCUT2D eigenvalue weighted by Crippen LogP contribution is 2.23. The van der Waals surface area contributed by atoms with Crippen molar-refractivity contribution in [2.75, 3.05) is 23.9 Å². The first-order chi connectivity index (χ1) is 7.65. The van der Waals surface area contributed by atoms with E-state index in [4.69, 9.17) is 5.73 Å². The second-order valence-corrected chi connectivity index (χ2v) is 7.57. The van der Waals surface area contributed by atoms with Crippen LogP contribution in [0.4, 0.5) is 11.4 Å². The molecule has 0 atom stereocenters. The van der Waals surface area contributed by atoms with Gasteiger partial charge < -0.3 is 11.1 Å². The Hall–Kier alpha value is -1.23. The van der Waals surface area contributed by atoms with E-state index < -0.39 is 14.6 Å². The summed E-state index contributed by atoms with van der Waals surface area (Å²) in [5.74, 6) is 0. The quantitative estimate of drug-likeness (QED) is 0.806. The summed E-state index contributed by atoms with van der Waals surface area (Å²) < 4.78 is 22.3. The van der Waals surface area contributed by atoms with Crippen molar-refractivity contribution in [2.45, 2.75) is 25.5 Å². The predicted molar refractivity (Wildman–Crippen MR) is 73.0 cm³/mol. The molecule has 17 heavy (non-hydrogen) atoms. The Labute approximate surface area is 103 Å². The normalized spacial score (nSPS) is 12.5. The molecule has 0 aliphatic carbocycles. The van der Waals surface area contributed by atoms with E-state index in [0.717, 1.165) is 11.3 Å². The summed E-state index contributed by atoms with van der Waals surface area (Å²) in [5.41, 5.74) is 8.33. The molecule has 1 aromatic carbocycles. The lowest BCUT2D eigenvalue weighted by atomic mass is 10.1. The van der Waals surface area contributed by atoms with E-state index in [2.05, 4.69) is 5.32 Å². The number of benzene rings is 1. The Kier molecular flexibility index (Phi) is 3.71. The Morgan fingerprint density at radius 2 is 1.94 bits per heavy atom. The fourth-order valence-corrected chi connectivity index (χ4v) is 1.61. The van der Waals surface area contributed by atoms with Crippen LogP contribution < -0.4 is 11.1 Å². The van der Waals surface area contributed by atoms with Gasteiger partial charge in [0.1, 0.15) is 0 Å². The Bertz CT molecular complexity index is 507. The van der Waals surface area contributed by atoms with Gasteiger partial charge in [-0.3, -0.25) is 0 Å². The van der Waals surface area contributed by atoms with Crippen LogP contribution in [-0.2, 0) is 9.84 Å². The van der Waals surface area contributed by atoms with Crippen molar-refractivity contribution in [2.24, 2.45) is 0 Å². The maximum absolute atomic E-state index is 11.6. The zero-order chi connectivity index (χ0) is 13.3. The zero-order valence-electron chi connectivity index (χ0n) is 10.7. The van der Waals surface area contributed by atoms with E-state index in [1.165, 1.54) is 6.26 Å². The number of para-hydroxylation sites is 1. The van der Waals surface area contributed by atoms with Crippen LogP contribution in [0.2, 0.25) is 0 Å². The molecule has 3 N–H and O–H groups in total. The molecule has 1 rings (SSSR count). The molecule has 0 spiro atoms. The molecule has 5 heteroatoms. The van der Waals surface area contributed by atoms with Gasteiger partial charge in [0.2, 0.25) is 0 Å². The maximum Gasteiger partial charge on any atom is 0.154 e. The highest BCUT2D eigenvalue weighted by Gasteiger charge is 2.29. The molecular formula is C12H20N2O2S. The Balaban J connectivity index is 2.85. The van der Waals surface area contributed by atoms with Crippen LogP contribution in [0.5, 0.6) is 0 Å². The van der Waals surface area contributed by atoms with Crippen molar-refractivity contribution in [1.29, 1.82) is 0 Å². The van der Waals surface area contributed by atoms with Gasteiger partial charge in [-0.2, -0.15) is 0 Å². The van der Waals surface area contributed by atoms with Crippen molar-refractivity contribution in [3.63, 3.8) is 0 Å². The van der Waals surface area contributed by atoms with Crippen molar-refractivity contribution in [1.82, 2.24) is 0 Å². The van der Waals surface area contributed by atoms with Gasteiger partial charge in [0.25, 0.3) is 0 Å². The molecule has 0 aliphatic heterocycles. The van der Waals surface area contributed by atoms with Crippen LogP contribution in [0.25, 0.3) is 0 Å². The largest absolute Gasteiger partial charge is 0.397 e. The molecule has 0 aliphatic rings. The fraction of sp³-hybridized carbons (Fsp3) is 0.500. The highest BCUT2D eigenvalue weighted by molar-refractivity contribution is 7.92. The van der Waals surface area contributed by atoms with Gasteiger partial charge in [-0.25, -0.2) is 8.42 Å². The minimum absolute atomic E-state index is 0.333. The summed E-state index contributed by atoms with van der Waals surface area (Å²) in [7, 11) is -3.10. The number of nitrogen functional groups attached to an aromatic ring is 1. The molecule has 0 radical (unpaired) electrons. The maximum atomic E-state index is 11.6. The molecule has 0 fully saturated rings. The first kappa shape index (κ1) is 13.8. The first-order valence-electron chi connectivity index (χ1n) is 5.44. The number of aryl methyl sites for hydroxylation is 1. The van der Waals surface area contributed by atoms with Crippen LogP contribution >= 0.6 is 0 Å². The smallest absolute Gasteiger partial charge is 0.154 e. The van der Waals surface area contributed by atoms with E-state index >= 15 is 0 Å². The zero-order valence-corrected chi connectivity index (χ0v) is 11.6. The molecule has 0 bridgehead atoms. The van der Waals surface area contributed by atoms with Crippen LogP contribution in [0.3, 0.4) is 0 Å². The third-order valence-corrected chi connectivity index (χ3v) is 5.18. The SMILES string of the molecule is Cc1cccc(NCC(C)(C)S(C)(=O)=O)c1N. The molecule has 1 aromatic rings. The molecular weight excluding hydrogens is 236 g/mol. The lowest BCUT2D eigenvalue weighted by molar-refractivity contribution is 0.560. The topological polar surface area (TPSA) is 72.2 Å². The average molecular weight is 256 g/mol. The van der Waals surface area contributed by atoms with E-state index in [-0.39, 0.29) is 0 Å². The first-order valence-corrected chi connectivity index (χ1v) is 7.33. The van der Waals surface area contributed by atoms with Crippen LogP contribution in [-0.4, -0.2) is 26.0 Å². The number of nitrogens with one attached hydrogen (secondary N) is 1. The minimum Gasteiger partial charge on any atom is -0.397 e. The van der Waals surface area contributed by atoms with Crippen LogP contribution in [0.1, 0.15) is 19.4 Å². The van der Waals surface area contributed by atoms with Crippen molar-refractivity contribution in [3.05, 3.63) is 23.8 Å². The van der Waals surface area contributed by atoms with E-state index in [0.29, 0.717) is 12.2 Å². The highest BCUT2D eigenvalue weighted by atomic mass is 32.2. The van der Waals surface area contributed by atoms with E-state index in [1.54, 1.807) is 13.8 Å². The summed E-state index contributed by atoms with van der Waals surface area (Å²) in [5, 5.41) is 3.10. The summed E-state index contributed by atoms with van der Waals surface area (Å²) in [6.07, 6.45) is 1.24. The van der Waals surface area contributed by atoms with Gasteiger partial charge in [0, 0.05) is 12.8 Å². The molecule has 4 nitrogen and oxygen atoms in total. The molecule has 0 saturated heterocycles. The summed E-state index contributed by atoms with van der Waals surface area (Å²) >= 11 is 0. The van der Waals surface area contributed by atoms with Crippen molar-refractivity contribution in [3.8, 4) is 0 Å². The average Bonchev–Trinajstić information content (AvgIpc) is 2.18. The minimum atomic E-state index is -3.10. The van der Waals surface area contributed by atoms with Gasteiger partial charge in [0.05, 0.1) is 16.1 Å². The number of hydrogen-bond acceptors (Lipinski definition) is 4. The van der Waals surface area contributed by atoms with E-state index in [9.17, 15) is 8.42 Å². The monoisotopic (exact) mass is 256 g/mol. The molecule has 0 heterocycles. The molecule has 0 aromatic heterocycles. The third-order valence-electron chi connectivity index (χ3n) is 3.03. The molecule has 0 unspecified atom stereocenters. The molecule has 0 amide bonds. The van der Waals surface area contributed by atoms with Crippen molar-refractivity contribution >= 4 is 21.2 Å². The van der Waals surface area contributed by atoms with Crippen LogP contribution in [0, 0.1) is 6.92 Å². The van der Waals surface area contributed by atoms with Gasteiger partial charge in [-0.1, -0.05) is 12.1 Å². The molecule has 96 valence electrons. The second kappa shape index (κ2) is 4.56. The lowest BCUT2D eigenvalue weighted by Crippen LogP contribution is -2.38. The van der Waals surface area contributed by atoms with Gasteiger partial charge >= 0.3 is 0 Å². The number of sulfone groups is 1. The second-order valence-electron chi connectivity index (χ2n) is 4.92.